The van der Waals surface area contributed by atoms with Crippen LogP contribution in [0.4, 0.5) is 11.4 Å². The molecule has 9 nitrogen and oxygen atoms in total. The number of hydrogen-bond acceptors (Lipinski definition) is 7. The summed E-state index contributed by atoms with van der Waals surface area (Å²) < 4.78 is 38.8. The number of ether oxygens (including phenoxy) is 1. The molecule has 2 aromatic carbocycles. The number of nitro groups is 1. The van der Waals surface area contributed by atoms with Crippen molar-refractivity contribution in [2.75, 3.05) is 11.8 Å². The van der Waals surface area contributed by atoms with Crippen LogP contribution in [0.5, 0.6) is 5.75 Å². The number of Topliss-reactive ketones (excluding diaryl/α,β-unsaturated/α-hetero) is 1. The summed E-state index contributed by atoms with van der Waals surface area (Å²) in [5.74, 6) is 0.135. The number of hydrogen-bond donors (Lipinski definition) is 1. The predicted molar refractivity (Wildman–Crippen MR) is 109 cm³/mol. The summed E-state index contributed by atoms with van der Waals surface area (Å²) in [6.45, 7) is 3.03. The zero-order chi connectivity index (χ0) is 21.5. The number of ketones is 1. The average molecular weight is 483 g/mol. The lowest BCUT2D eigenvalue weighted by Crippen LogP contribution is -2.13. The van der Waals surface area contributed by atoms with Crippen molar-refractivity contribution in [3.63, 3.8) is 0 Å². The number of benzene rings is 2. The Kier molecular flexibility index (Phi) is 5.37. The number of fused-ring (bicyclic) bond motifs is 1. The van der Waals surface area contributed by atoms with Gasteiger partial charge in [0, 0.05) is 11.5 Å². The van der Waals surface area contributed by atoms with Crippen LogP contribution in [0.2, 0.25) is 0 Å². The van der Waals surface area contributed by atoms with Crippen LogP contribution >= 0.6 is 15.9 Å². The molecular formula is C18H15BrN2O7S. The molecule has 0 spiro atoms. The summed E-state index contributed by atoms with van der Waals surface area (Å²) in [6.07, 6.45) is 0. The maximum atomic E-state index is 12.8. The molecule has 3 rings (SSSR count). The summed E-state index contributed by atoms with van der Waals surface area (Å²) in [5.41, 5.74) is 0.444. The second kappa shape index (κ2) is 7.48. The molecule has 0 atom stereocenters. The number of carbonyl (C=O) groups excluding carboxylic acids is 1. The van der Waals surface area contributed by atoms with E-state index < -0.39 is 20.6 Å². The molecule has 0 saturated carbocycles. The van der Waals surface area contributed by atoms with Crippen molar-refractivity contribution in [3.8, 4) is 5.75 Å². The first kappa shape index (κ1) is 20.8. The van der Waals surface area contributed by atoms with Crippen LogP contribution in [0.1, 0.15) is 23.0 Å². The third kappa shape index (κ3) is 3.83. The first-order valence-electron chi connectivity index (χ1n) is 8.14. The molecule has 3 aromatic rings. The van der Waals surface area contributed by atoms with Gasteiger partial charge in [0.2, 0.25) is 0 Å². The summed E-state index contributed by atoms with van der Waals surface area (Å²) in [6, 6.07) is 6.27. The Morgan fingerprint density at radius 2 is 1.97 bits per heavy atom. The molecule has 0 amide bonds. The SMILES string of the molecule is COc1ccc(S(=O)(=O)Nc2cc(Br)c3oc(C)c(C(C)=O)c3c2)cc1[N+](=O)[O-]. The topological polar surface area (TPSA) is 129 Å². The first-order valence-corrected chi connectivity index (χ1v) is 10.4. The lowest BCUT2D eigenvalue weighted by molar-refractivity contribution is -0.386. The van der Waals surface area contributed by atoms with E-state index >= 15 is 0 Å². The number of carbonyl (C=O) groups is 1. The van der Waals surface area contributed by atoms with Crippen molar-refractivity contribution in [1.82, 2.24) is 0 Å². The second-order valence-electron chi connectivity index (χ2n) is 6.12. The van der Waals surface area contributed by atoms with Crippen molar-refractivity contribution in [2.24, 2.45) is 0 Å². The van der Waals surface area contributed by atoms with Gasteiger partial charge in [-0.25, -0.2) is 8.42 Å². The molecule has 1 aromatic heterocycles. The van der Waals surface area contributed by atoms with Crippen molar-refractivity contribution in [3.05, 3.63) is 56.2 Å². The van der Waals surface area contributed by atoms with E-state index in [4.69, 9.17) is 9.15 Å². The van der Waals surface area contributed by atoms with Crippen molar-refractivity contribution in [2.45, 2.75) is 18.7 Å². The number of methoxy groups -OCH3 is 1. The Hall–Kier alpha value is -2.92. The maximum Gasteiger partial charge on any atom is 0.312 e. The van der Waals surface area contributed by atoms with Gasteiger partial charge >= 0.3 is 5.69 Å². The van der Waals surface area contributed by atoms with E-state index in [0.717, 1.165) is 6.07 Å². The van der Waals surface area contributed by atoms with Crippen molar-refractivity contribution < 1.29 is 27.3 Å². The van der Waals surface area contributed by atoms with Crippen LogP contribution in [0.25, 0.3) is 11.0 Å². The molecule has 0 radical (unpaired) electrons. The monoisotopic (exact) mass is 482 g/mol. The summed E-state index contributed by atoms with van der Waals surface area (Å²) >= 11 is 3.31. The molecular weight excluding hydrogens is 468 g/mol. The van der Waals surface area contributed by atoms with Crippen LogP contribution in [0.3, 0.4) is 0 Å². The molecule has 1 heterocycles. The van der Waals surface area contributed by atoms with Gasteiger partial charge in [-0.2, -0.15) is 0 Å². The average Bonchev–Trinajstić information content (AvgIpc) is 2.97. The third-order valence-electron chi connectivity index (χ3n) is 4.18. The lowest BCUT2D eigenvalue weighted by Gasteiger charge is -2.10. The fourth-order valence-electron chi connectivity index (χ4n) is 2.97. The van der Waals surface area contributed by atoms with Gasteiger partial charge in [0.05, 0.1) is 32.7 Å². The van der Waals surface area contributed by atoms with E-state index in [2.05, 4.69) is 20.7 Å². The Labute approximate surface area is 174 Å². The molecule has 0 fully saturated rings. The van der Waals surface area contributed by atoms with Gasteiger partial charge in [0.25, 0.3) is 10.0 Å². The molecule has 0 bridgehead atoms. The number of nitrogens with one attached hydrogen (secondary N) is 1. The smallest absolute Gasteiger partial charge is 0.312 e. The van der Waals surface area contributed by atoms with Gasteiger partial charge in [-0.05, 0) is 54.0 Å². The number of nitrogens with zero attached hydrogens (tertiary/aromatic N) is 1. The zero-order valence-electron chi connectivity index (χ0n) is 15.5. The van der Waals surface area contributed by atoms with Gasteiger partial charge in [-0.1, -0.05) is 0 Å². The fraction of sp³-hybridized carbons (Fsp3) is 0.167. The largest absolute Gasteiger partial charge is 0.490 e. The second-order valence-corrected chi connectivity index (χ2v) is 8.66. The van der Waals surface area contributed by atoms with Crippen molar-refractivity contribution in [1.29, 1.82) is 0 Å². The first-order chi connectivity index (χ1) is 13.5. The molecule has 0 aliphatic heterocycles. The number of aryl methyl sites for hydroxylation is 1. The number of nitro benzene ring substituents is 1. The molecule has 11 heteroatoms. The summed E-state index contributed by atoms with van der Waals surface area (Å²) in [5, 5.41) is 11.6. The summed E-state index contributed by atoms with van der Waals surface area (Å²) in [7, 11) is -2.90. The zero-order valence-corrected chi connectivity index (χ0v) is 17.9. The van der Waals surface area contributed by atoms with E-state index in [1.807, 2.05) is 0 Å². The van der Waals surface area contributed by atoms with Gasteiger partial charge in [-0.3, -0.25) is 19.6 Å². The molecule has 0 saturated heterocycles. The Morgan fingerprint density at radius 3 is 2.55 bits per heavy atom. The van der Waals surface area contributed by atoms with E-state index in [0.29, 0.717) is 26.8 Å². The molecule has 152 valence electrons. The minimum absolute atomic E-state index is 0.0573. The maximum absolute atomic E-state index is 12.8. The quantitative estimate of drug-likeness (QED) is 0.312. The van der Waals surface area contributed by atoms with Crippen molar-refractivity contribution >= 4 is 54.1 Å². The standard InChI is InChI=1S/C18H15BrN2O7S/c1-9(22)17-10(2)28-18-13(17)6-11(7-14(18)19)20-29(25,26)12-4-5-16(27-3)15(8-12)21(23)24/h4-8,20H,1-3H3. The van der Waals surface area contributed by atoms with Crippen LogP contribution in [-0.2, 0) is 10.0 Å². The van der Waals surface area contributed by atoms with Crippen LogP contribution < -0.4 is 9.46 Å². The number of halogens is 1. The molecule has 29 heavy (non-hydrogen) atoms. The number of sulfonamides is 1. The third-order valence-corrected chi connectivity index (χ3v) is 6.15. The van der Waals surface area contributed by atoms with E-state index in [9.17, 15) is 23.3 Å². The van der Waals surface area contributed by atoms with Gasteiger partial charge in [0.1, 0.15) is 11.3 Å². The fourth-order valence-corrected chi connectivity index (χ4v) is 4.57. The van der Waals surface area contributed by atoms with Gasteiger partial charge < -0.3 is 9.15 Å². The minimum atomic E-state index is -4.15. The predicted octanol–water partition coefficient (Wildman–Crippen LogP) is 4.42. The van der Waals surface area contributed by atoms with Gasteiger partial charge in [-0.15, -0.1) is 0 Å². The minimum Gasteiger partial charge on any atom is -0.490 e. The summed E-state index contributed by atoms with van der Waals surface area (Å²) in [4.78, 5) is 22.1. The van der Waals surface area contributed by atoms with Crippen LogP contribution in [0, 0.1) is 17.0 Å². The lowest BCUT2D eigenvalue weighted by atomic mass is 10.1. The highest BCUT2D eigenvalue weighted by molar-refractivity contribution is 9.10. The van der Waals surface area contributed by atoms with E-state index in [1.54, 1.807) is 6.92 Å². The highest BCUT2D eigenvalue weighted by Crippen LogP contribution is 2.36. The molecule has 0 aliphatic rings. The molecule has 1 N–H and O–H groups in total. The highest BCUT2D eigenvalue weighted by atomic mass is 79.9. The highest BCUT2D eigenvalue weighted by Gasteiger charge is 2.24. The van der Waals surface area contributed by atoms with Gasteiger partial charge in [0.15, 0.2) is 11.5 Å². The number of anilines is 1. The van der Waals surface area contributed by atoms with E-state index in [1.165, 1.54) is 38.3 Å². The number of rotatable bonds is 6. The normalized spacial score (nSPS) is 11.4. The van der Waals surface area contributed by atoms with Crippen LogP contribution in [-0.4, -0.2) is 26.2 Å². The Bertz CT molecular complexity index is 1260. The molecule has 0 unspecified atom stereocenters. The Morgan fingerprint density at radius 1 is 1.28 bits per heavy atom. The number of furan rings is 1. The Balaban J connectivity index is 2.08. The van der Waals surface area contributed by atoms with Crippen LogP contribution in [0.15, 0.2) is 44.1 Å². The molecule has 0 aliphatic carbocycles. The van der Waals surface area contributed by atoms with E-state index in [-0.39, 0.29) is 22.1 Å².